The summed E-state index contributed by atoms with van der Waals surface area (Å²) in [5.41, 5.74) is 1.42. The monoisotopic (exact) mass is 407 g/mol. The zero-order chi connectivity index (χ0) is 20.9. The van der Waals surface area contributed by atoms with E-state index >= 15 is 0 Å². The van der Waals surface area contributed by atoms with Gasteiger partial charge in [-0.3, -0.25) is 4.57 Å². The average molecular weight is 407 g/mol. The molecule has 0 unspecified atom stereocenters. The zero-order valence-electron chi connectivity index (χ0n) is 17.4. The van der Waals surface area contributed by atoms with E-state index in [0.717, 1.165) is 5.69 Å². The van der Waals surface area contributed by atoms with Gasteiger partial charge in [-0.1, -0.05) is 19.9 Å². The summed E-state index contributed by atoms with van der Waals surface area (Å²) in [6, 6.07) is 12.2. The van der Waals surface area contributed by atoms with Gasteiger partial charge < -0.3 is 24.0 Å². The average Bonchev–Trinajstić information content (AvgIpc) is 2.70. The van der Waals surface area contributed by atoms with Crippen molar-refractivity contribution in [3.63, 3.8) is 0 Å². The highest BCUT2D eigenvalue weighted by molar-refractivity contribution is 7.67. The second-order valence-electron chi connectivity index (χ2n) is 7.19. The van der Waals surface area contributed by atoms with E-state index in [9.17, 15) is 9.67 Å². The summed E-state index contributed by atoms with van der Waals surface area (Å²) in [6.45, 7) is 4.22. The van der Waals surface area contributed by atoms with Crippen LogP contribution in [0.15, 0.2) is 42.5 Å². The van der Waals surface area contributed by atoms with Crippen molar-refractivity contribution < 1.29 is 23.7 Å². The summed E-state index contributed by atoms with van der Waals surface area (Å²) in [7, 11) is 3.32. The van der Waals surface area contributed by atoms with Gasteiger partial charge in [0, 0.05) is 25.1 Å². The number of aliphatic hydroxyl groups excluding tert-OH is 1. The van der Waals surface area contributed by atoms with Crippen LogP contribution in [0, 0.1) is 5.92 Å². The van der Waals surface area contributed by atoms with E-state index in [0.29, 0.717) is 22.4 Å². The molecule has 0 aliphatic rings. The second-order valence-corrected chi connectivity index (χ2v) is 9.64. The first-order valence-corrected chi connectivity index (χ1v) is 10.8. The Morgan fingerprint density at radius 3 is 2.11 bits per heavy atom. The molecule has 0 aliphatic carbocycles. The van der Waals surface area contributed by atoms with Crippen LogP contribution in [-0.2, 0) is 9.09 Å². The normalized spacial score (nSPS) is 14.4. The van der Waals surface area contributed by atoms with Crippen molar-refractivity contribution in [1.29, 1.82) is 0 Å². The fourth-order valence-corrected chi connectivity index (χ4v) is 4.92. The van der Waals surface area contributed by atoms with Crippen LogP contribution >= 0.6 is 7.37 Å². The third kappa shape index (κ3) is 4.88. The van der Waals surface area contributed by atoms with Gasteiger partial charge in [-0.15, -0.1) is 0 Å². The number of methoxy groups -OCH3 is 2. The first-order chi connectivity index (χ1) is 13.2. The van der Waals surface area contributed by atoms with Crippen LogP contribution in [0.4, 0.5) is 5.69 Å². The number of benzene rings is 2. The van der Waals surface area contributed by atoms with Crippen LogP contribution in [0.5, 0.6) is 11.5 Å². The second kappa shape index (κ2) is 9.46. The smallest absolute Gasteiger partial charge is 0.264 e. The molecule has 2 aromatic rings. The van der Waals surface area contributed by atoms with Crippen molar-refractivity contribution in [2.75, 3.05) is 39.8 Å². The van der Waals surface area contributed by atoms with E-state index in [1.807, 2.05) is 45.0 Å². The number of hydrogen-bond donors (Lipinski definition) is 1. The van der Waals surface area contributed by atoms with Crippen LogP contribution in [0.3, 0.4) is 0 Å². The van der Waals surface area contributed by atoms with E-state index in [1.165, 1.54) is 14.2 Å². The fraction of sp³-hybridized carbons (Fsp3) is 0.429. The number of nitrogens with zero attached hydrogens (tertiary/aromatic N) is 1. The Bertz CT molecular complexity index is 820. The molecule has 2 aromatic carbocycles. The van der Waals surface area contributed by atoms with Crippen molar-refractivity contribution in [3.05, 3.63) is 48.0 Å². The predicted octanol–water partition coefficient (Wildman–Crippen LogP) is 4.04. The molecule has 0 amide bonds. The summed E-state index contributed by atoms with van der Waals surface area (Å²) < 4.78 is 30.3. The first kappa shape index (κ1) is 22.3. The van der Waals surface area contributed by atoms with Crippen molar-refractivity contribution in [3.8, 4) is 11.5 Å². The SMILES string of the molecule is COc1ccc([C@H](O)[P@@](=O)(OCC(C)C)c2ccc(N(C)C)cc2)cc1OC. The number of aliphatic hydroxyl groups is 1. The molecule has 0 bridgehead atoms. The first-order valence-electron chi connectivity index (χ1n) is 9.15. The molecule has 0 radical (unpaired) electrons. The zero-order valence-corrected chi connectivity index (χ0v) is 18.3. The molecule has 28 heavy (non-hydrogen) atoms. The van der Waals surface area contributed by atoms with E-state index in [2.05, 4.69) is 0 Å². The molecule has 2 atom stereocenters. The highest BCUT2D eigenvalue weighted by atomic mass is 31.2. The van der Waals surface area contributed by atoms with Gasteiger partial charge in [-0.05, 0) is 47.9 Å². The number of hydrogen-bond acceptors (Lipinski definition) is 6. The van der Waals surface area contributed by atoms with Crippen LogP contribution in [0.25, 0.3) is 0 Å². The minimum Gasteiger partial charge on any atom is -0.493 e. The van der Waals surface area contributed by atoms with Crippen LogP contribution in [0.1, 0.15) is 25.3 Å². The Balaban J connectivity index is 2.48. The van der Waals surface area contributed by atoms with Crippen molar-refractivity contribution in [1.82, 2.24) is 0 Å². The maximum atomic E-state index is 13.9. The molecular weight excluding hydrogens is 377 g/mol. The van der Waals surface area contributed by atoms with Crippen LogP contribution in [0.2, 0.25) is 0 Å². The molecule has 0 spiro atoms. The molecule has 7 heteroatoms. The minimum atomic E-state index is -3.60. The third-order valence-electron chi connectivity index (χ3n) is 4.35. The lowest BCUT2D eigenvalue weighted by Crippen LogP contribution is -2.17. The van der Waals surface area contributed by atoms with E-state index in [4.69, 9.17) is 14.0 Å². The molecule has 0 aliphatic heterocycles. The number of rotatable bonds is 9. The molecule has 6 nitrogen and oxygen atoms in total. The van der Waals surface area contributed by atoms with Crippen molar-refractivity contribution in [2.45, 2.75) is 19.7 Å². The maximum Gasteiger partial charge on any atom is 0.264 e. The van der Waals surface area contributed by atoms with Gasteiger partial charge in [0.1, 0.15) is 0 Å². The molecule has 154 valence electrons. The van der Waals surface area contributed by atoms with E-state index < -0.39 is 13.2 Å². The fourth-order valence-electron chi connectivity index (χ4n) is 2.71. The Morgan fingerprint density at radius 2 is 1.61 bits per heavy atom. The lowest BCUT2D eigenvalue weighted by atomic mass is 10.2. The standard InChI is InChI=1S/C21H30NO5P/c1-15(2)14-27-28(24,18-10-8-17(9-11-18)22(3)4)21(23)16-7-12-19(25-5)20(13-16)26-6/h7-13,15,21,23H,14H2,1-6H3/t21-,28+/m1/s1. The van der Waals surface area contributed by atoms with E-state index in [1.54, 1.807) is 30.3 Å². The summed E-state index contributed by atoms with van der Waals surface area (Å²) in [6.07, 6.45) is 0. The molecule has 0 saturated carbocycles. The Kier molecular flexibility index (Phi) is 7.53. The predicted molar refractivity (Wildman–Crippen MR) is 113 cm³/mol. The topological polar surface area (TPSA) is 68.2 Å². The van der Waals surface area contributed by atoms with Crippen LogP contribution < -0.4 is 19.7 Å². The van der Waals surface area contributed by atoms with Crippen molar-refractivity contribution >= 4 is 18.4 Å². The van der Waals surface area contributed by atoms with Gasteiger partial charge in [0.25, 0.3) is 7.37 Å². The largest absolute Gasteiger partial charge is 0.493 e. The van der Waals surface area contributed by atoms with Gasteiger partial charge in [0.2, 0.25) is 0 Å². The summed E-state index contributed by atoms with van der Waals surface area (Å²) in [5.74, 6) is -0.160. The molecule has 0 heterocycles. The Morgan fingerprint density at radius 1 is 1.00 bits per heavy atom. The van der Waals surface area contributed by atoms with Gasteiger partial charge in [-0.25, -0.2) is 0 Å². The van der Waals surface area contributed by atoms with E-state index in [-0.39, 0.29) is 12.5 Å². The molecule has 0 fully saturated rings. The lowest BCUT2D eigenvalue weighted by molar-refractivity contribution is 0.202. The summed E-state index contributed by atoms with van der Waals surface area (Å²) in [5, 5.41) is 11.5. The summed E-state index contributed by atoms with van der Waals surface area (Å²) >= 11 is 0. The van der Waals surface area contributed by atoms with Crippen molar-refractivity contribution in [2.24, 2.45) is 5.92 Å². The quantitative estimate of drug-likeness (QED) is 0.633. The van der Waals surface area contributed by atoms with Gasteiger partial charge in [0.05, 0.1) is 20.8 Å². The minimum absolute atomic E-state index is 0.173. The van der Waals surface area contributed by atoms with Gasteiger partial charge in [0.15, 0.2) is 17.3 Å². The Labute approximate surface area is 167 Å². The summed E-state index contributed by atoms with van der Waals surface area (Å²) in [4.78, 5) is 1.95. The third-order valence-corrected chi connectivity index (χ3v) is 6.85. The highest BCUT2D eigenvalue weighted by Gasteiger charge is 2.37. The molecule has 1 N–H and O–H groups in total. The Hall–Kier alpha value is -2.01. The number of ether oxygens (including phenoxy) is 2. The maximum absolute atomic E-state index is 13.9. The van der Waals surface area contributed by atoms with Crippen LogP contribution in [-0.4, -0.2) is 40.0 Å². The molecule has 0 saturated heterocycles. The molecule has 0 aromatic heterocycles. The number of anilines is 1. The van der Waals surface area contributed by atoms with Gasteiger partial charge >= 0.3 is 0 Å². The molecular formula is C21H30NO5P. The highest BCUT2D eigenvalue weighted by Crippen LogP contribution is 2.58. The van der Waals surface area contributed by atoms with Gasteiger partial charge in [-0.2, -0.15) is 0 Å². The lowest BCUT2D eigenvalue weighted by Gasteiger charge is -2.26. The molecule has 2 rings (SSSR count).